The molecule has 1 aliphatic heterocycles. The second kappa shape index (κ2) is 5.15. The van der Waals surface area contributed by atoms with Gasteiger partial charge in [0.2, 0.25) is 17.7 Å². The Hall–Kier alpha value is -1.83. The van der Waals surface area contributed by atoms with Crippen molar-refractivity contribution in [1.29, 1.82) is 0 Å². The summed E-state index contributed by atoms with van der Waals surface area (Å²) in [5, 5.41) is 0.790. The Morgan fingerprint density at radius 3 is 2.53 bits per heavy atom. The highest BCUT2D eigenvalue weighted by Gasteiger charge is 2.30. The van der Waals surface area contributed by atoms with Crippen LogP contribution in [-0.4, -0.2) is 22.7 Å². The van der Waals surface area contributed by atoms with E-state index in [2.05, 4.69) is 11.3 Å². The van der Waals surface area contributed by atoms with Crippen LogP contribution in [0.15, 0.2) is 0 Å². The van der Waals surface area contributed by atoms with Crippen molar-refractivity contribution in [3.63, 3.8) is 0 Å². The number of terminal acetylenes is 1. The predicted molar refractivity (Wildman–Crippen MR) is 51.9 cm³/mol. The van der Waals surface area contributed by atoms with Crippen LogP contribution in [0.4, 0.5) is 0 Å². The molecule has 0 unspecified atom stereocenters. The molecule has 0 saturated carbocycles. The molecule has 0 aromatic rings. The number of nitrogens with zero attached hydrogens (tertiary/aromatic N) is 1. The molecule has 0 spiro atoms. The number of rotatable bonds is 4. The molecular formula is C10H12N2O3. The van der Waals surface area contributed by atoms with Gasteiger partial charge in [-0.1, -0.05) is 0 Å². The summed E-state index contributed by atoms with van der Waals surface area (Å²) in [7, 11) is 0. The molecule has 5 nitrogen and oxygen atoms in total. The number of carbonyl (C=O) groups excluding carboxylic acids is 3. The largest absolute Gasteiger partial charge is 0.273 e. The van der Waals surface area contributed by atoms with Gasteiger partial charge in [0.15, 0.2) is 0 Å². The zero-order valence-corrected chi connectivity index (χ0v) is 8.28. The van der Waals surface area contributed by atoms with Crippen LogP contribution in [0.25, 0.3) is 0 Å². The Balaban J connectivity index is 2.34. The lowest BCUT2D eigenvalue weighted by Crippen LogP contribution is -2.45. The van der Waals surface area contributed by atoms with Crippen LogP contribution in [-0.2, 0) is 14.4 Å². The fourth-order valence-corrected chi connectivity index (χ4v) is 1.23. The van der Waals surface area contributed by atoms with Crippen molar-refractivity contribution in [1.82, 2.24) is 10.4 Å². The van der Waals surface area contributed by atoms with E-state index < -0.39 is 0 Å². The van der Waals surface area contributed by atoms with Gasteiger partial charge in [-0.2, -0.15) is 5.01 Å². The summed E-state index contributed by atoms with van der Waals surface area (Å²) in [6.45, 7) is 0. The van der Waals surface area contributed by atoms with Gasteiger partial charge in [-0.05, 0) is 6.42 Å². The van der Waals surface area contributed by atoms with Gasteiger partial charge in [-0.15, -0.1) is 12.3 Å². The molecule has 1 fully saturated rings. The summed E-state index contributed by atoms with van der Waals surface area (Å²) in [5.74, 6) is 1.34. The lowest BCUT2D eigenvalue weighted by atomic mass is 10.2. The fraction of sp³-hybridized carbons (Fsp3) is 0.500. The van der Waals surface area contributed by atoms with Crippen LogP contribution in [0.1, 0.15) is 32.1 Å². The molecule has 15 heavy (non-hydrogen) atoms. The Labute approximate surface area is 87.8 Å². The average molecular weight is 208 g/mol. The molecule has 1 heterocycles. The Bertz CT molecular complexity index is 314. The van der Waals surface area contributed by atoms with E-state index in [-0.39, 0.29) is 37.0 Å². The van der Waals surface area contributed by atoms with Gasteiger partial charge in [0.25, 0.3) is 0 Å². The van der Waals surface area contributed by atoms with Gasteiger partial charge in [-0.3, -0.25) is 19.8 Å². The first kappa shape index (κ1) is 11.2. The van der Waals surface area contributed by atoms with Gasteiger partial charge in [0.1, 0.15) is 0 Å². The van der Waals surface area contributed by atoms with E-state index in [1.165, 1.54) is 0 Å². The Morgan fingerprint density at radius 1 is 1.40 bits per heavy atom. The van der Waals surface area contributed by atoms with E-state index in [0.717, 1.165) is 5.01 Å². The van der Waals surface area contributed by atoms with Crippen molar-refractivity contribution in [2.45, 2.75) is 32.1 Å². The van der Waals surface area contributed by atoms with Gasteiger partial charge < -0.3 is 0 Å². The molecule has 0 bridgehead atoms. The zero-order chi connectivity index (χ0) is 11.3. The number of unbranched alkanes of at least 4 members (excludes halogenated alkanes) is 1. The Kier molecular flexibility index (Phi) is 3.86. The number of imide groups is 1. The van der Waals surface area contributed by atoms with E-state index in [1.807, 2.05) is 0 Å². The first-order chi connectivity index (χ1) is 7.15. The SMILES string of the molecule is C#CCCCC(=O)NN1C(=O)CCC1=O. The van der Waals surface area contributed by atoms with E-state index in [1.54, 1.807) is 0 Å². The van der Waals surface area contributed by atoms with Gasteiger partial charge >= 0.3 is 0 Å². The highest BCUT2D eigenvalue weighted by atomic mass is 16.2. The van der Waals surface area contributed by atoms with E-state index in [9.17, 15) is 14.4 Å². The highest BCUT2D eigenvalue weighted by Crippen LogP contribution is 2.08. The van der Waals surface area contributed by atoms with E-state index >= 15 is 0 Å². The molecule has 1 aliphatic rings. The zero-order valence-electron chi connectivity index (χ0n) is 8.28. The van der Waals surface area contributed by atoms with E-state index in [4.69, 9.17) is 6.42 Å². The van der Waals surface area contributed by atoms with Crippen molar-refractivity contribution < 1.29 is 14.4 Å². The van der Waals surface area contributed by atoms with Crippen LogP contribution in [0.3, 0.4) is 0 Å². The molecule has 0 aromatic heterocycles. The second-order valence-electron chi connectivity index (χ2n) is 3.22. The molecule has 0 aromatic carbocycles. The first-order valence-corrected chi connectivity index (χ1v) is 4.74. The van der Waals surface area contributed by atoms with E-state index in [0.29, 0.717) is 12.8 Å². The van der Waals surface area contributed by atoms with Crippen LogP contribution < -0.4 is 5.43 Å². The van der Waals surface area contributed by atoms with Crippen molar-refractivity contribution >= 4 is 17.7 Å². The van der Waals surface area contributed by atoms with Crippen molar-refractivity contribution in [2.24, 2.45) is 0 Å². The lowest BCUT2D eigenvalue weighted by Gasteiger charge is -2.14. The smallest absolute Gasteiger partial charge is 0.248 e. The molecule has 80 valence electrons. The lowest BCUT2D eigenvalue weighted by molar-refractivity contribution is -0.147. The third kappa shape index (κ3) is 3.09. The molecule has 1 rings (SSSR count). The van der Waals surface area contributed by atoms with Crippen LogP contribution in [0.2, 0.25) is 0 Å². The summed E-state index contributed by atoms with van der Waals surface area (Å²) in [5.41, 5.74) is 2.26. The van der Waals surface area contributed by atoms with Crippen molar-refractivity contribution in [3.8, 4) is 12.3 Å². The maximum Gasteiger partial charge on any atom is 0.248 e. The van der Waals surface area contributed by atoms with Crippen molar-refractivity contribution in [3.05, 3.63) is 0 Å². The van der Waals surface area contributed by atoms with Gasteiger partial charge in [0, 0.05) is 25.7 Å². The number of amides is 3. The van der Waals surface area contributed by atoms with Crippen molar-refractivity contribution in [2.75, 3.05) is 0 Å². The second-order valence-corrected chi connectivity index (χ2v) is 3.22. The normalized spacial score (nSPS) is 15.3. The third-order valence-electron chi connectivity index (χ3n) is 2.01. The van der Waals surface area contributed by atoms with Gasteiger partial charge in [0.05, 0.1) is 0 Å². The molecule has 3 amide bonds. The number of carbonyl (C=O) groups is 3. The summed E-state index contributed by atoms with van der Waals surface area (Å²) < 4.78 is 0. The van der Waals surface area contributed by atoms with Crippen LogP contribution in [0, 0.1) is 12.3 Å². The third-order valence-corrected chi connectivity index (χ3v) is 2.01. The molecule has 1 N–H and O–H groups in total. The summed E-state index contributed by atoms with van der Waals surface area (Å²) in [6.07, 6.45) is 6.65. The van der Waals surface area contributed by atoms with Crippen LogP contribution >= 0.6 is 0 Å². The number of hydrogen-bond acceptors (Lipinski definition) is 3. The monoisotopic (exact) mass is 208 g/mol. The minimum atomic E-state index is -0.356. The average Bonchev–Trinajstić information content (AvgIpc) is 2.50. The maximum absolute atomic E-state index is 11.2. The predicted octanol–water partition coefficient (Wildman–Crippen LogP) is -0.0299. The fourth-order valence-electron chi connectivity index (χ4n) is 1.23. The standard InChI is InChI=1S/C10H12N2O3/c1-2-3-4-5-8(13)11-12-9(14)6-7-10(12)15/h1H,3-7H2,(H,11,13). The summed E-state index contributed by atoms with van der Waals surface area (Å²) in [4.78, 5) is 33.5. The molecular weight excluding hydrogens is 196 g/mol. The van der Waals surface area contributed by atoms with Gasteiger partial charge in [-0.25, -0.2) is 0 Å². The first-order valence-electron chi connectivity index (χ1n) is 4.74. The molecule has 0 aliphatic carbocycles. The summed E-state index contributed by atoms with van der Waals surface area (Å²) in [6, 6.07) is 0. The van der Waals surface area contributed by atoms with Crippen LogP contribution in [0.5, 0.6) is 0 Å². The number of hydrazine groups is 1. The molecule has 1 saturated heterocycles. The maximum atomic E-state index is 11.2. The molecule has 0 radical (unpaired) electrons. The topological polar surface area (TPSA) is 66.5 Å². The highest BCUT2D eigenvalue weighted by molar-refractivity contribution is 6.03. The minimum Gasteiger partial charge on any atom is -0.273 e. The molecule has 0 atom stereocenters. The Morgan fingerprint density at radius 2 is 2.00 bits per heavy atom. The number of hydrogen-bond donors (Lipinski definition) is 1. The quantitative estimate of drug-likeness (QED) is 0.401. The molecule has 5 heteroatoms. The number of nitrogens with one attached hydrogen (secondary N) is 1. The minimum absolute atomic E-state index is 0.170. The summed E-state index contributed by atoms with van der Waals surface area (Å²) >= 11 is 0.